The van der Waals surface area contributed by atoms with Crippen molar-refractivity contribution < 1.29 is 14.3 Å². The molecule has 3 rings (SSSR count). The Labute approximate surface area is 144 Å². The maximum atomic E-state index is 12.3. The van der Waals surface area contributed by atoms with E-state index < -0.39 is 6.10 Å². The Balaban J connectivity index is 1.68. The van der Waals surface area contributed by atoms with Crippen LogP contribution in [-0.2, 0) is 9.59 Å². The van der Waals surface area contributed by atoms with Crippen LogP contribution in [0.25, 0.3) is 0 Å². The first-order valence-corrected chi connectivity index (χ1v) is 7.80. The molecule has 0 saturated heterocycles. The van der Waals surface area contributed by atoms with Crippen LogP contribution in [0.2, 0.25) is 5.02 Å². The third-order valence-electron chi connectivity index (χ3n) is 3.55. The highest BCUT2D eigenvalue weighted by molar-refractivity contribution is 6.30. The number of hydrazine groups is 1. The Morgan fingerprint density at radius 1 is 1.25 bits per heavy atom. The van der Waals surface area contributed by atoms with Gasteiger partial charge in [0.2, 0.25) is 0 Å². The molecule has 1 atom stereocenters. The Morgan fingerprint density at radius 2 is 2.04 bits per heavy atom. The average molecular weight is 346 g/mol. The van der Waals surface area contributed by atoms with Gasteiger partial charge in [-0.15, -0.1) is 0 Å². The summed E-state index contributed by atoms with van der Waals surface area (Å²) >= 11 is 5.89. The number of benzene rings is 2. The zero-order valence-corrected chi connectivity index (χ0v) is 13.7. The van der Waals surface area contributed by atoms with Gasteiger partial charge >= 0.3 is 0 Å². The van der Waals surface area contributed by atoms with E-state index in [1.165, 1.54) is 4.90 Å². The molecule has 0 bridgehead atoms. The molecule has 0 radical (unpaired) electrons. The summed E-state index contributed by atoms with van der Waals surface area (Å²) in [5.41, 5.74) is 6.56. The van der Waals surface area contributed by atoms with E-state index in [0.29, 0.717) is 22.1 Å². The topological polar surface area (TPSA) is 70.7 Å². The summed E-state index contributed by atoms with van der Waals surface area (Å²) in [6, 6.07) is 14.1. The van der Waals surface area contributed by atoms with Gasteiger partial charge in [-0.1, -0.05) is 29.8 Å². The number of ether oxygens (including phenoxy) is 1. The Hall–Kier alpha value is -2.73. The smallest absolute Gasteiger partial charge is 0.268 e. The number of hydrogen-bond donors (Lipinski definition) is 2. The van der Waals surface area contributed by atoms with Crippen molar-refractivity contribution in [2.24, 2.45) is 0 Å². The van der Waals surface area contributed by atoms with Gasteiger partial charge in [0.25, 0.3) is 11.8 Å². The van der Waals surface area contributed by atoms with E-state index in [1.807, 2.05) is 6.07 Å². The molecule has 0 fully saturated rings. The van der Waals surface area contributed by atoms with Crippen molar-refractivity contribution in [2.45, 2.75) is 13.0 Å². The van der Waals surface area contributed by atoms with Crippen molar-refractivity contribution >= 4 is 34.8 Å². The summed E-state index contributed by atoms with van der Waals surface area (Å²) in [5.74, 6) is -0.0287. The van der Waals surface area contributed by atoms with E-state index in [9.17, 15) is 9.59 Å². The summed E-state index contributed by atoms with van der Waals surface area (Å²) < 4.78 is 5.55. The lowest BCUT2D eigenvalue weighted by atomic mass is 10.2. The number of nitrogens with one attached hydrogen (secondary N) is 2. The Morgan fingerprint density at radius 3 is 2.83 bits per heavy atom. The van der Waals surface area contributed by atoms with Gasteiger partial charge in [0, 0.05) is 5.02 Å². The number of fused-ring (bicyclic) bond motifs is 1. The van der Waals surface area contributed by atoms with E-state index >= 15 is 0 Å². The molecule has 0 aliphatic carbocycles. The van der Waals surface area contributed by atoms with Gasteiger partial charge in [-0.25, -0.2) is 0 Å². The van der Waals surface area contributed by atoms with Crippen molar-refractivity contribution in [3.05, 3.63) is 53.6 Å². The van der Waals surface area contributed by atoms with Crippen molar-refractivity contribution in [3.8, 4) is 5.75 Å². The van der Waals surface area contributed by atoms with Crippen LogP contribution >= 0.6 is 11.6 Å². The van der Waals surface area contributed by atoms with Crippen molar-refractivity contribution in [3.63, 3.8) is 0 Å². The number of rotatable bonds is 4. The highest BCUT2D eigenvalue weighted by Crippen LogP contribution is 2.33. The van der Waals surface area contributed by atoms with Crippen molar-refractivity contribution in [1.82, 2.24) is 5.43 Å². The van der Waals surface area contributed by atoms with Gasteiger partial charge in [0.15, 0.2) is 6.10 Å². The molecule has 0 unspecified atom stereocenters. The minimum Gasteiger partial charge on any atom is -0.479 e. The van der Waals surface area contributed by atoms with Crippen LogP contribution in [-0.4, -0.2) is 24.5 Å². The van der Waals surface area contributed by atoms with Crippen molar-refractivity contribution in [1.29, 1.82) is 0 Å². The predicted molar refractivity (Wildman–Crippen MR) is 92.1 cm³/mol. The first-order chi connectivity index (χ1) is 11.5. The zero-order valence-electron chi connectivity index (χ0n) is 13.0. The van der Waals surface area contributed by atoms with Gasteiger partial charge in [-0.3, -0.25) is 25.3 Å². The molecule has 6 nitrogen and oxygen atoms in total. The summed E-state index contributed by atoms with van der Waals surface area (Å²) in [5, 5.41) is 0.556. The van der Waals surface area contributed by atoms with Crippen LogP contribution in [0.1, 0.15) is 6.92 Å². The SMILES string of the molecule is C[C@@H]1Oc2ccccc2N(CC(=O)NNc2cccc(Cl)c2)C1=O. The molecule has 7 heteroatoms. The van der Waals surface area contributed by atoms with E-state index in [-0.39, 0.29) is 18.4 Å². The summed E-state index contributed by atoms with van der Waals surface area (Å²) in [6.07, 6.45) is -0.631. The molecule has 1 aliphatic rings. The first-order valence-electron chi connectivity index (χ1n) is 7.42. The number of hydrogen-bond acceptors (Lipinski definition) is 4. The number of carbonyl (C=O) groups is 2. The fourth-order valence-corrected chi connectivity index (χ4v) is 2.60. The Bertz CT molecular complexity index is 781. The highest BCUT2D eigenvalue weighted by Gasteiger charge is 2.32. The fraction of sp³-hybridized carbons (Fsp3) is 0.176. The third-order valence-corrected chi connectivity index (χ3v) is 3.78. The first kappa shape index (κ1) is 16.1. The second kappa shape index (κ2) is 6.80. The van der Waals surface area contributed by atoms with Crippen LogP contribution in [0.4, 0.5) is 11.4 Å². The van der Waals surface area contributed by atoms with Crippen LogP contribution in [0.15, 0.2) is 48.5 Å². The van der Waals surface area contributed by atoms with Gasteiger partial charge in [0.1, 0.15) is 12.3 Å². The fourth-order valence-electron chi connectivity index (χ4n) is 2.41. The van der Waals surface area contributed by atoms with Gasteiger partial charge in [-0.2, -0.15) is 0 Å². The molecule has 2 amide bonds. The van der Waals surface area contributed by atoms with E-state index in [0.717, 1.165) is 0 Å². The number of halogens is 1. The standard InChI is InChI=1S/C17H16ClN3O3/c1-11-17(23)21(14-7-2-3-8-15(14)24-11)10-16(22)20-19-13-6-4-5-12(18)9-13/h2-9,11,19H,10H2,1H3,(H,20,22)/t11-/m0/s1. The van der Waals surface area contributed by atoms with Crippen molar-refractivity contribution in [2.75, 3.05) is 16.9 Å². The molecule has 1 heterocycles. The lowest BCUT2D eigenvalue weighted by Gasteiger charge is -2.32. The second-order valence-corrected chi connectivity index (χ2v) is 5.77. The predicted octanol–water partition coefficient (Wildman–Crippen LogP) is 2.60. The average Bonchev–Trinajstić information content (AvgIpc) is 2.57. The lowest BCUT2D eigenvalue weighted by Crippen LogP contribution is -2.49. The Kier molecular flexibility index (Phi) is 4.57. The molecule has 0 aromatic heterocycles. The molecule has 0 spiro atoms. The maximum absolute atomic E-state index is 12.3. The van der Waals surface area contributed by atoms with E-state index in [2.05, 4.69) is 10.9 Å². The summed E-state index contributed by atoms with van der Waals surface area (Å²) in [7, 11) is 0. The molecule has 2 aromatic rings. The largest absolute Gasteiger partial charge is 0.479 e. The zero-order chi connectivity index (χ0) is 17.1. The number of amides is 2. The monoisotopic (exact) mass is 345 g/mol. The second-order valence-electron chi connectivity index (χ2n) is 5.34. The van der Waals surface area contributed by atoms with Crippen LogP contribution in [0.3, 0.4) is 0 Å². The normalized spacial score (nSPS) is 16.2. The highest BCUT2D eigenvalue weighted by atomic mass is 35.5. The van der Waals surface area contributed by atoms with Crippen LogP contribution in [0.5, 0.6) is 5.75 Å². The van der Waals surface area contributed by atoms with Gasteiger partial charge < -0.3 is 4.74 Å². The third kappa shape index (κ3) is 3.44. The molecule has 2 aromatic carbocycles. The number of nitrogens with zero attached hydrogens (tertiary/aromatic N) is 1. The minimum absolute atomic E-state index is 0.114. The lowest BCUT2D eigenvalue weighted by molar-refractivity contribution is -0.128. The number of anilines is 2. The van der Waals surface area contributed by atoms with Gasteiger partial charge in [-0.05, 0) is 37.3 Å². The molecule has 2 N–H and O–H groups in total. The molecule has 1 aliphatic heterocycles. The quantitative estimate of drug-likeness (QED) is 0.836. The number of para-hydroxylation sites is 2. The summed E-state index contributed by atoms with van der Waals surface area (Å²) in [4.78, 5) is 25.9. The summed E-state index contributed by atoms with van der Waals surface area (Å²) in [6.45, 7) is 1.55. The molecule has 24 heavy (non-hydrogen) atoms. The molecular weight excluding hydrogens is 330 g/mol. The van der Waals surface area contributed by atoms with E-state index in [1.54, 1.807) is 49.4 Å². The molecular formula is C17H16ClN3O3. The van der Waals surface area contributed by atoms with E-state index in [4.69, 9.17) is 16.3 Å². The van der Waals surface area contributed by atoms with Crippen LogP contribution in [0, 0.1) is 0 Å². The minimum atomic E-state index is -0.631. The maximum Gasteiger partial charge on any atom is 0.268 e. The van der Waals surface area contributed by atoms with Crippen LogP contribution < -0.4 is 20.5 Å². The number of carbonyl (C=O) groups excluding carboxylic acids is 2. The molecule has 0 saturated carbocycles. The molecule has 124 valence electrons. The van der Waals surface area contributed by atoms with Gasteiger partial charge in [0.05, 0.1) is 11.4 Å².